The Morgan fingerprint density at radius 2 is 2.24 bits per heavy atom. The third kappa shape index (κ3) is 1.58. The van der Waals surface area contributed by atoms with Crippen LogP contribution in [0.15, 0.2) is 18.2 Å². The summed E-state index contributed by atoms with van der Waals surface area (Å²) in [4.78, 5) is 2.64. The van der Waals surface area contributed by atoms with Gasteiger partial charge < -0.3 is 10.2 Å². The van der Waals surface area contributed by atoms with Gasteiger partial charge in [0.1, 0.15) is 0 Å². The summed E-state index contributed by atoms with van der Waals surface area (Å²) in [5.74, 6) is 0. The number of nitrogens with zero attached hydrogens (tertiary/aromatic N) is 1. The molecule has 0 fully saturated rings. The van der Waals surface area contributed by atoms with Crippen LogP contribution in [-0.2, 0) is 12.0 Å². The van der Waals surface area contributed by atoms with E-state index in [0.29, 0.717) is 11.5 Å². The third-order valence-electron chi connectivity index (χ3n) is 4.31. The van der Waals surface area contributed by atoms with E-state index in [0.717, 1.165) is 13.1 Å². The fourth-order valence-electron chi connectivity index (χ4n) is 3.37. The largest absolute Gasteiger partial charge is 0.366 e. The van der Waals surface area contributed by atoms with E-state index in [-0.39, 0.29) is 0 Å². The van der Waals surface area contributed by atoms with Crippen molar-refractivity contribution in [1.29, 1.82) is 0 Å². The van der Waals surface area contributed by atoms with Gasteiger partial charge in [0.25, 0.3) is 0 Å². The first-order valence-corrected chi connectivity index (χ1v) is 6.73. The Kier molecular flexibility index (Phi) is 2.44. The van der Waals surface area contributed by atoms with Crippen LogP contribution in [0.4, 0.5) is 5.69 Å². The van der Waals surface area contributed by atoms with Crippen LogP contribution in [0.3, 0.4) is 0 Å². The van der Waals surface area contributed by atoms with E-state index in [9.17, 15) is 0 Å². The van der Waals surface area contributed by atoms with Crippen LogP contribution in [-0.4, -0.2) is 19.1 Å². The van der Waals surface area contributed by atoms with E-state index in [1.54, 1.807) is 0 Å². The molecule has 0 saturated carbocycles. The second-order valence-electron chi connectivity index (χ2n) is 6.02. The van der Waals surface area contributed by atoms with Crippen molar-refractivity contribution in [3.8, 4) is 0 Å². The van der Waals surface area contributed by atoms with Gasteiger partial charge in [0.05, 0.1) is 0 Å². The topological polar surface area (TPSA) is 15.3 Å². The van der Waals surface area contributed by atoms with Crippen LogP contribution in [0.1, 0.15) is 38.3 Å². The highest BCUT2D eigenvalue weighted by molar-refractivity contribution is 5.68. The number of anilines is 1. The maximum atomic E-state index is 3.58. The first-order valence-electron chi connectivity index (χ1n) is 6.73. The van der Waals surface area contributed by atoms with Crippen molar-refractivity contribution in [2.45, 2.75) is 45.2 Å². The number of rotatable bonds is 1. The molecule has 1 aromatic rings. The molecule has 3 rings (SSSR count). The molecule has 2 nitrogen and oxygen atoms in total. The van der Waals surface area contributed by atoms with Gasteiger partial charge in [-0.05, 0) is 17.5 Å². The minimum Gasteiger partial charge on any atom is -0.366 e. The highest BCUT2D eigenvalue weighted by Crippen LogP contribution is 2.44. The molecule has 17 heavy (non-hydrogen) atoms. The first-order chi connectivity index (χ1) is 8.13. The van der Waals surface area contributed by atoms with Crippen molar-refractivity contribution in [3.05, 3.63) is 29.3 Å². The molecule has 1 atom stereocenters. The minimum atomic E-state index is 0.302. The Bertz CT molecular complexity index is 437. The summed E-state index contributed by atoms with van der Waals surface area (Å²) in [6.45, 7) is 10.3. The van der Waals surface area contributed by atoms with Crippen molar-refractivity contribution in [1.82, 2.24) is 5.32 Å². The van der Waals surface area contributed by atoms with Crippen LogP contribution >= 0.6 is 0 Å². The number of hydrogen-bond donors (Lipinski definition) is 1. The lowest BCUT2D eigenvalue weighted by Crippen LogP contribution is -2.41. The van der Waals surface area contributed by atoms with E-state index in [2.05, 4.69) is 49.2 Å². The minimum absolute atomic E-state index is 0.302. The van der Waals surface area contributed by atoms with Gasteiger partial charge in [0.2, 0.25) is 0 Å². The van der Waals surface area contributed by atoms with Gasteiger partial charge in [0, 0.05) is 36.8 Å². The Balaban J connectivity index is 2.16. The molecule has 0 saturated heterocycles. The van der Waals surface area contributed by atoms with Crippen molar-refractivity contribution in [2.75, 3.05) is 18.0 Å². The molecule has 0 bridgehead atoms. The molecule has 0 amide bonds. The van der Waals surface area contributed by atoms with E-state index < -0.39 is 0 Å². The Hall–Kier alpha value is -1.02. The van der Waals surface area contributed by atoms with Gasteiger partial charge in [-0.15, -0.1) is 0 Å². The molecule has 92 valence electrons. The number of hydrogen-bond acceptors (Lipinski definition) is 2. The Morgan fingerprint density at radius 3 is 3.00 bits per heavy atom. The summed E-state index contributed by atoms with van der Waals surface area (Å²) in [6.07, 6.45) is 1.22. The standard InChI is InChI=1S/C15H22N2/c1-4-12-9-16-8-11-6-5-7-13-14(11)17(12)10-15(13,2)3/h5-7,12,16H,4,8-10H2,1-3H3. The van der Waals surface area contributed by atoms with E-state index in [4.69, 9.17) is 0 Å². The number of para-hydroxylation sites is 1. The predicted molar refractivity (Wildman–Crippen MR) is 72.6 cm³/mol. The van der Waals surface area contributed by atoms with Crippen LogP contribution < -0.4 is 10.2 Å². The van der Waals surface area contributed by atoms with Gasteiger partial charge in [-0.25, -0.2) is 0 Å². The van der Waals surface area contributed by atoms with Gasteiger partial charge >= 0.3 is 0 Å². The van der Waals surface area contributed by atoms with E-state index in [1.807, 2.05) is 0 Å². The van der Waals surface area contributed by atoms with Crippen molar-refractivity contribution < 1.29 is 0 Å². The normalized spacial score (nSPS) is 25.6. The zero-order valence-electron chi connectivity index (χ0n) is 11.1. The quantitative estimate of drug-likeness (QED) is 0.798. The summed E-state index contributed by atoms with van der Waals surface area (Å²) < 4.78 is 0. The maximum Gasteiger partial charge on any atom is 0.0453 e. The van der Waals surface area contributed by atoms with Gasteiger partial charge in [-0.3, -0.25) is 0 Å². The molecule has 1 unspecified atom stereocenters. The van der Waals surface area contributed by atoms with E-state index in [1.165, 1.54) is 29.8 Å². The smallest absolute Gasteiger partial charge is 0.0453 e. The fourth-order valence-corrected chi connectivity index (χ4v) is 3.37. The zero-order chi connectivity index (χ0) is 12.0. The second-order valence-corrected chi connectivity index (χ2v) is 6.02. The molecule has 0 aromatic heterocycles. The Labute approximate surface area is 104 Å². The summed E-state index contributed by atoms with van der Waals surface area (Å²) in [7, 11) is 0. The zero-order valence-corrected chi connectivity index (χ0v) is 11.1. The Morgan fingerprint density at radius 1 is 1.41 bits per heavy atom. The molecule has 1 N–H and O–H groups in total. The van der Waals surface area contributed by atoms with Crippen LogP contribution in [0.25, 0.3) is 0 Å². The fraction of sp³-hybridized carbons (Fsp3) is 0.600. The van der Waals surface area contributed by atoms with E-state index >= 15 is 0 Å². The lowest BCUT2D eigenvalue weighted by molar-refractivity contribution is 0.485. The maximum absolute atomic E-state index is 3.58. The van der Waals surface area contributed by atoms with Crippen molar-refractivity contribution >= 4 is 5.69 Å². The molecule has 0 aliphatic carbocycles. The molecule has 0 spiro atoms. The summed E-state index contributed by atoms with van der Waals surface area (Å²) in [5, 5.41) is 3.58. The van der Waals surface area contributed by atoms with Gasteiger partial charge in [-0.2, -0.15) is 0 Å². The average Bonchev–Trinajstić information content (AvgIpc) is 2.48. The highest BCUT2D eigenvalue weighted by Gasteiger charge is 2.39. The predicted octanol–water partition coefficient (Wildman–Crippen LogP) is 2.67. The molecule has 0 radical (unpaired) electrons. The van der Waals surface area contributed by atoms with Gasteiger partial charge in [0.15, 0.2) is 0 Å². The molecule has 2 heteroatoms. The first kappa shape index (κ1) is 11.1. The van der Waals surface area contributed by atoms with Crippen molar-refractivity contribution in [2.24, 2.45) is 0 Å². The van der Waals surface area contributed by atoms with Crippen molar-refractivity contribution in [3.63, 3.8) is 0 Å². The second kappa shape index (κ2) is 3.74. The molecule has 2 aliphatic rings. The van der Waals surface area contributed by atoms with Crippen LogP contribution in [0.2, 0.25) is 0 Å². The molecule has 2 heterocycles. The monoisotopic (exact) mass is 230 g/mol. The molecule has 2 aliphatic heterocycles. The lowest BCUT2D eigenvalue weighted by atomic mass is 9.86. The summed E-state index contributed by atoms with van der Waals surface area (Å²) in [5.41, 5.74) is 4.84. The van der Waals surface area contributed by atoms with Crippen LogP contribution in [0, 0.1) is 0 Å². The van der Waals surface area contributed by atoms with Gasteiger partial charge in [-0.1, -0.05) is 39.0 Å². The molecule has 1 aromatic carbocycles. The lowest BCUT2D eigenvalue weighted by Gasteiger charge is -2.30. The summed E-state index contributed by atoms with van der Waals surface area (Å²) in [6, 6.07) is 7.46. The van der Waals surface area contributed by atoms with Crippen LogP contribution in [0.5, 0.6) is 0 Å². The third-order valence-corrected chi connectivity index (χ3v) is 4.31. The summed E-state index contributed by atoms with van der Waals surface area (Å²) >= 11 is 0. The average molecular weight is 230 g/mol. The highest BCUT2D eigenvalue weighted by atomic mass is 15.2. The number of benzene rings is 1. The molecular formula is C15H22N2. The molecular weight excluding hydrogens is 208 g/mol. The number of nitrogens with one attached hydrogen (secondary N) is 1. The SMILES string of the molecule is CCC1CNCc2cccc3c2N1CC3(C)C.